The van der Waals surface area contributed by atoms with E-state index in [4.69, 9.17) is 11.6 Å². The Morgan fingerprint density at radius 1 is 0.952 bits per heavy atom. The molecule has 0 saturated carbocycles. The Labute approximate surface area is 237 Å². The first-order chi connectivity index (χ1) is 19.2. The van der Waals surface area contributed by atoms with Crippen LogP contribution in [0.5, 0.6) is 0 Å². The molecule has 2 unspecified atom stereocenters. The Kier molecular flexibility index (Phi) is 10.7. The van der Waals surface area contributed by atoms with Gasteiger partial charge in [0.05, 0.1) is 16.1 Å². The monoisotopic (exact) mass is 630 g/mol. The zero-order valence-corrected chi connectivity index (χ0v) is 22.1. The highest BCUT2D eigenvalue weighted by atomic mass is 35.5. The Morgan fingerprint density at radius 3 is 1.95 bits per heavy atom. The maximum Gasteiger partial charge on any atom is 0.417 e. The average molecular weight is 631 g/mol. The third-order valence-corrected chi connectivity index (χ3v) is 6.10. The molecule has 4 nitrogen and oxygen atoms in total. The molecule has 42 heavy (non-hydrogen) atoms. The van der Waals surface area contributed by atoms with Gasteiger partial charge in [-0.2, -0.15) is 39.5 Å². The van der Waals surface area contributed by atoms with Gasteiger partial charge in [-0.25, -0.2) is 4.39 Å². The Balaban J connectivity index is 2.51. The van der Waals surface area contributed by atoms with Gasteiger partial charge in [-0.1, -0.05) is 43.0 Å². The van der Waals surface area contributed by atoms with Gasteiger partial charge in [0.2, 0.25) is 5.91 Å². The fourth-order valence-electron chi connectivity index (χ4n) is 3.60. The lowest BCUT2D eigenvalue weighted by atomic mass is 9.92. The molecule has 0 radical (unpaired) electrons. The van der Waals surface area contributed by atoms with Crippen molar-refractivity contribution in [1.82, 2.24) is 10.6 Å². The number of amides is 2. The second-order valence-corrected chi connectivity index (χ2v) is 9.12. The van der Waals surface area contributed by atoms with Crippen LogP contribution in [0.2, 0.25) is 5.02 Å². The number of halogens is 11. The van der Waals surface area contributed by atoms with Gasteiger partial charge in [-0.05, 0) is 54.0 Å². The minimum Gasteiger partial charge on any atom is -0.345 e. The molecule has 2 N–H and O–H groups in total. The number of benzene rings is 2. The molecule has 0 bridgehead atoms. The van der Waals surface area contributed by atoms with Crippen molar-refractivity contribution >= 4 is 41.4 Å². The van der Waals surface area contributed by atoms with Crippen molar-refractivity contribution < 1.29 is 53.5 Å². The van der Waals surface area contributed by atoms with Crippen LogP contribution in [0.3, 0.4) is 0 Å². The molecule has 0 aromatic heterocycles. The molecule has 2 aromatic rings. The first-order valence-corrected chi connectivity index (χ1v) is 12.0. The Hall–Kier alpha value is -3.81. The highest BCUT2D eigenvalue weighted by Gasteiger charge is 2.41. The molecule has 0 aliphatic carbocycles. The highest BCUT2D eigenvalue weighted by Crippen LogP contribution is 2.41. The van der Waals surface area contributed by atoms with E-state index >= 15 is 4.39 Å². The predicted molar refractivity (Wildman–Crippen MR) is 137 cm³/mol. The minimum atomic E-state index is -5.33. The summed E-state index contributed by atoms with van der Waals surface area (Å²) in [5.41, 5.74) is -4.30. The van der Waals surface area contributed by atoms with Gasteiger partial charge in [-0.15, -0.1) is 0 Å². The highest BCUT2D eigenvalue weighted by molar-refractivity contribution is 6.33. The fourth-order valence-corrected chi connectivity index (χ4v) is 3.86. The van der Waals surface area contributed by atoms with E-state index in [1.807, 2.05) is 0 Å². The molecule has 2 rings (SSSR count). The molecule has 0 heterocycles. The van der Waals surface area contributed by atoms with E-state index in [1.54, 1.807) is 5.32 Å². The molecular formula is C27H21ClF10N2O2. The summed E-state index contributed by atoms with van der Waals surface area (Å²) in [5, 5.41) is 3.25. The van der Waals surface area contributed by atoms with Crippen molar-refractivity contribution in [2.75, 3.05) is 6.54 Å². The van der Waals surface area contributed by atoms with Gasteiger partial charge in [0, 0.05) is 5.56 Å². The molecule has 2 atom stereocenters. The molecule has 0 aliphatic heterocycles. The molecule has 15 heteroatoms. The number of allylic oxidation sites excluding steroid dienone is 1. The van der Waals surface area contributed by atoms with E-state index in [0.29, 0.717) is 12.1 Å². The van der Waals surface area contributed by atoms with Crippen LogP contribution in [-0.2, 0) is 11.0 Å². The van der Waals surface area contributed by atoms with Crippen LogP contribution in [-0.4, -0.2) is 36.8 Å². The largest absolute Gasteiger partial charge is 0.417 e. The standard InChI is InChI=1S/C27H21ClF10N2O2/c1-4-14-8-17(9-15(5-2)22(14)28)19(26(33,34)35)11-21(29)16-6-7-18(20(10-16)27(36,37)38)24(42)40-13(3)23(41)39-12-25(30,31)32/h4-11,13,19H,1-2,12H2,3H3,(H,39,41)(H,40,42)/b21-11-. The van der Waals surface area contributed by atoms with Gasteiger partial charge in [0.25, 0.3) is 5.91 Å². The number of alkyl halides is 9. The zero-order valence-electron chi connectivity index (χ0n) is 21.4. The van der Waals surface area contributed by atoms with Crippen molar-refractivity contribution in [2.24, 2.45) is 0 Å². The van der Waals surface area contributed by atoms with E-state index < -0.39 is 76.9 Å². The fraction of sp³-hybridized carbons (Fsp3) is 0.259. The van der Waals surface area contributed by atoms with Crippen LogP contribution in [0.25, 0.3) is 18.0 Å². The van der Waals surface area contributed by atoms with Crippen LogP contribution in [0.4, 0.5) is 43.9 Å². The van der Waals surface area contributed by atoms with Gasteiger partial charge < -0.3 is 10.6 Å². The first-order valence-electron chi connectivity index (χ1n) is 11.6. The van der Waals surface area contributed by atoms with Crippen molar-refractivity contribution in [2.45, 2.75) is 37.4 Å². The number of carbonyl (C=O) groups excluding carboxylic acids is 2. The van der Waals surface area contributed by atoms with Gasteiger partial charge >= 0.3 is 18.5 Å². The van der Waals surface area contributed by atoms with Crippen molar-refractivity contribution in [3.8, 4) is 0 Å². The summed E-state index contributed by atoms with van der Waals surface area (Å²) in [4.78, 5) is 24.2. The summed E-state index contributed by atoms with van der Waals surface area (Å²) in [7, 11) is 0. The second kappa shape index (κ2) is 13.0. The molecule has 2 amide bonds. The number of rotatable bonds is 9. The summed E-state index contributed by atoms with van der Waals surface area (Å²) in [6, 6.07) is 1.39. The Bertz CT molecular complexity index is 1370. The molecule has 228 valence electrons. The zero-order chi connectivity index (χ0) is 32.2. The lowest BCUT2D eigenvalue weighted by Gasteiger charge is -2.20. The number of hydrogen-bond acceptors (Lipinski definition) is 2. The summed E-state index contributed by atoms with van der Waals surface area (Å²) < 4.78 is 135. The average Bonchev–Trinajstić information content (AvgIpc) is 2.88. The van der Waals surface area contributed by atoms with E-state index in [2.05, 4.69) is 13.2 Å². The molecule has 2 aromatic carbocycles. The van der Waals surface area contributed by atoms with Crippen molar-refractivity contribution in [3.05, 3.63) is 88.0 Å². The van der Waals surface area contributed by atoms with Gasteiger partial charge in [0.1, 0.15) is 24.3 Å². The van der Waals surface area contributed by atoms with Gasteiger partial charge in [0.15, 0.2) is 0 Å². The maximum atomic E-state index is 15.1. The van der Waals surface area contributed by atoms with Crippen LogP contribution in [0.15, 0.2) is 49.6 Å². The summed E-state index contributed by atoms with van der Waals surface area (Å²) in [6.07, 6.45) is -12.9. The normalized spacial score (nSPS) is 14.1. The van der Waals surface area contributed by atoms with Crippen LogP contribution in [0.1, 0.15) is 51.0 Å². The summed E-state index contributed by atoms with van der Waals surface area (Å²) in [6.45, 7) is 6.02. The lowest BCUT2D eigenvalue weighted by Crippen LogP contribution is -2.47. The summed E-state index contributed by atoms with van der Waals surface area (Å²) >= 11 is 6.06. The number of carbonyl (C=O) groups is 2. The van der Waals surface area contributed by atoms with Crippen molar-refractivity contribution in [3.63, 3.8) is 0 Å². The maximum absolute atomic E-state index is 15.1. The SMILES string of the molecule is C=Cc1cc(C(/C=C(\F)c2ccc(C(=O)NC(C)C(=O)NCC(F)(F)F)c(C(F)(F)F)c2)C(F)(F)F)cc(C=C)c1Cl. The molecule has 0 saturated heterocycles. The third-order valence-electron chi connectivity index (χ3n) is 5.67. The number of hydrogen-bond donors (Lipinski definition) is 2. The predicted octanol–water partition coefficient (Wildman–Crippen LogP) is 8.10. The van der Waals surface area contributed by atoms with E-state index in [-0.39, 0.29) is 28.3 Å². The minimum absolute atomic E-state index is 0.0185. The van der Waals surface area contributed by atoms with Crippen molar-refractivity contribution in [1.29, 1.82) is 0 Å². The van der Waals surface area contributed by atoms with Gasteiger partial charge in [-0.3, -0.25) is 9.59 Å². The molecule has 0 spiro atoms. The number of nitrogens with one attached hydrogen (secondary N) is 2. The Morgan fingerprint density at radius 2 is 1.50 bits per heavy atom. The van der Waals surface area contributed by atoms with E-state index in [1.165, 1.54) is 5.32 Å². The lowest BCUT2D eigenvalue weighted by molar-refractivity contribution is -0.140. The summed E-state index contributed by atoms with van der Waals surface area (Å²) in [5.74, 6) is -7.29. The quantitative estimate of drug-likeness (QED) is 0.275. The molecule has 0 fully saturated rings. The van der Waals surface area contributed by atoms with E-state index in [9.17, 15) is 49.1 Å². The topological polar surface area (TPSA) is 58.2 Å². The van der Waals surface area contributed by atoms with E-state index in [0.717, 1.165) is 31.2 Å². The van der Waals surface area contributed by atoms with Crippen LogP contribution in [0, 0.1) is 0 Å². The second-order valence-electron chi connectivity index (χ2n) is 8.74. The third kappa shape index (κ3) is 8.84. The first kappa shape index (κ1) is 34.4. The van der Waals surface area contributed by atoms with Crippen LogP contribution < -0.4 is 10.6 Å². The van der Waals surface area contributed by atoms with Crippen LogP contribution >= 0.6 is 11.6 Å². The molecular weight excluding hydrogens is 610 g/mol. The smallest absolute Gasteiger partial charge is 0.345 e. The molecule has 0 aliphatic rings.